The minimum Gasteiger partial charge on any atom is -0.477 e. The molecule has 1 fully saturated rings. The van der Waals surface area contributed by atoms with Crippen LogP contribution < -0.4 is 16.1 Å². The highest BCUT2D eigenvalue weighted by atomic mass is 35.5. The van der Waals surface area contributed by atoms with Gasteiger partial charge in [-0.05, 0) is 12.0 Å². The zero-order valence-corrected chi connectivity index (χ0v) is 14.8. The number of fused-ring (bicyclic) bond motifs is 1. The number of pyridine rings is 1. The van der Waals surface area contributed by atoms with Crippen LogP contribution in [0.2, 0.25) is 5.02 Å². The Morgan fingerprint density at radius 1 is 1.46 bits per heavy atom. The number of rotatable bonds is 4. The number of halogens is 3. The fraction of sp³-hybridized carbons (Fsp3) is 0.412. The third kappa shape index (κ3) is 2.93. The fourth-order valence-electron chi connectivity index (χ4n) is 3.36. The molecule has 0 spiro atoms. The number of carbonyl (C=O) groups is 1. The van der Waals surface area contributed by atoms with Crippen LogP contribution in [0, 0.1) is 11.7 Å². The summed E-state index contributed by atoms with van der Waals surface area (Å²) in [7, 11) is 0. The first-order valence-corrected chi connectivity index (χ1v) is 8.49. The predicted octanol–water partition coefficient (Wildman–Crippen LogP) is 2.25. The maximum absolute atomic E-state index is 14.8. The Labute approximate surface area is 152 Å². The van der Waals surface area contributed by atoms with Gasteiger partial charge in [-0.25, -0.2) is 13.6 Å². The average molecular weight is 386 g/mol. The van der Waals surface area contributed by atoms with Gasteiger partial charge < -0.3 is 20.3 Å². The number of hydrogen-bond acceptors (Lipinski definition) is 4. The average Bonchev–Trinajstić information content (AvgIpc) is 2.88. The standard InChI is InChI=1S/C17H18ClF2N3O3/c1-8-5-23(7-12(8)21)15-11(20)4-9-14(13(15)18)22(3-2-19)6-10(16(9)24)17(25)26/h4,6,8,12H,2-3,5,7,21H2,1H3,(H,25,26). The van der Waals surface area contributed by atoms with Crippen molar-refractivity contribution in [2.75, 3.05) is 24.7 Å². The Morgan fingerprint density at radius 2 is 2.15 bits per heavy atom. The van der Waals surface area contributed by atoms with Gasteiger partial charge in [0.2, 0.25) is 5.43 Å². The van der Waals surface area contributed by atoms with E-state index in [1.54, 1.807) is 4.90 Å². The number of hydrogen-bond donors (Lipinski definition) is 2. The molecule has 2 aromatic rings. The molecule has 2 heterocycles. The van der Waals surface area contributed by atoms with Crippen LogP contribution in [0.5, 0.6) is 0 Å². The van der Waals surface area contributed by atoms with Crippen LogP contribution in [-0.2, 0) is 6.54 Å². The summed E-state index contributed by atoms with van der Waals surface area (Å²) in [4.78, 5) is 25.4. The molecule has 0 radical (unpaired) electrons. The molecule has 1 aliphatic heterocycles. The zero-order chi connectivity index (χ0) is 19.2. The Kier molecular flexibility index (Phi) is 4.90. The van der Waals surface area contributed by atoms with E-state index < -0.39 is 29.5 Å². The third-order valence-electron chi connectivity index (χ3n) is 4.77. The molecule has 3 N–H and O–H groups in total. The lowest BCUT2D eigenvalue weighted by molar-refractivity contribution is 0.0694. The second-order valence-corrected chi connectivity index (χ2v) is 6.90. The van der Waals surface area contributed by atoms with Crippen molar-refractivity contribution < 1.29 is 18.7 Å². The van der Waals surface area contributed by atoms with Gasteiger partial charge in [0.25, 0.3) is 0 Å². The highest BCUT2D eigenvalue weighted by Crippen LogP contribution is 2.37. The molecule has 1 aromatic carbocycles. The lowest BCUT2D eigenvalue weighted by Gasteiger charge is -2.23. The van der Waals surface area contributed by atoms with Gasteiger partial charge in [-0.1, -0.05) is 18.5 Å². The summed E-state index contributed by atoms with van der Waals surface area (Å²) in [6.07, 6.45) is 1.04. The SMILES string of the molecule is CC1CN(c2c(F)cc3c(=O)c(C(=O)O)cn(CCF)c3c2Cl)CC1N. The first kappa shape index (κ1) is 18.6. The maximum Gasteiger partial charge on any atom is 0.341 e. The lowest BCUT2D eigenvalue weighted by Crippen LogP contribution is -2.29. The van der Waals surface area contributed by atoms with Crippen LogP contribution >= 0.6 is 11.6 Å². The Bertz CT molecular complexity index is 937. The summed E-state index contributed by atoms with van der Waals surface area (Å²) >= 11 is 6.42. The van der Waals surface area contributed by atoms with Crippen LogP contribution in [0.1, 0.15) is 17.3 Å². The number of alkyl halides is 1. The van der Waals surface area contributed by atoms with Gasteiger partial charge in [-0.2, -0.15) is 0 Å². The van der Waals surface area contributed by atoms with E-state index >= 15 is 0 Å². The van der Waals surface area contributed by atoms with Gasteiger partial charge in [0.15, 0.2) is 0 Å². The second kappa shape index (κ2) is 6.85. The van der Waals surface area contributed by atoms with Gasteiger partial charge in [0.05, 0.1) is 28.2 Å². The number of aromatic nitrogens is 1. The molecule has 1 aliphatic rings. The molecular weight excluding hydrogens is 368 g/mol. The summed E-state index contributed by atoms with van der Waals surface area (Å²) in [5.74, 6) is -2.08. The Balaban J connectivity index is 2.31. The molecule has 0 amide bonds. The molecule has 0 saturated carbocycles. The van der Waals surface area contributed by atoms with Crippen LogP contribution in [0.25, 0.3) is 10.9 Å². The summed E-state index contributed by atoms with van der Waals surface area (Å²) < 4.78 is 29.0. The van der Waals surface area contributed by atoms with E-state index in [0.29, 0.717) is 13.1 Å². The first-order chi connectivity index (χ1) is 12.3. The van der Waals surface area contributed by atoms with E-state index in [1.165, 1.54) is 4.57 Å². The summed E-state index contributed by atoms with van der Waals surface area (Å²) in [6, 6.07) is 0.817. The predicted molar refractivity (Wildman–Crippen MR) is 95.5 cm³/mol. The normalized spacial score (nSPS) is 20.1. The van der Waals surface area contributed by atoms with Crippen molar-refractivity contribution in [2.45, 2.75) is 19.5 Å². The molecule has 9 heteroatoms. The number of anilines is 1. The monoisotopic (exact) mass is 385 g/mol. The van der Waals surface area contributed by atoms with Crippen molar-refractivity contribution in [3.8, 4) is 0 Å². The number of carboxylic acids is 1. The minimum atomic E-state index is -1.47. The van der Waals surface area contributed by atoms with E-state index in [4.69, 9.17) is 17.3 Å². The number of nitrogens with two attached hydrogens (primary N) is 1. The zero-order valence-electron chi connectivity index (χ0n) is 14.0. The van der Waals surface area contributed by atoms with Crippen LogP contribution in [0.3, 0.4) is 0 Å². The molecule has 140 valence electrons. The number of nitrogens with zero attached hydrogens (tertiary/aromatic N) is 2. The van der Waals surface area contributed by atoms with Crippen molar-refractivity contribution in [1.29, 1.82) is 0 Å². The van der Waals surface area contributed by atoms with Gasteiger partial charge in [-0.3, -0.25) is 4.79 Å². The highest BCUT2D eigenvalue weighted by molar-refractivity contribution is 6.38. The largest absolute Gasteiger partial charge is 0.477 e. The molecule has 0 aliphatic carbocycles. The second-order valence-electron chi connectivity index (χ2n) is 6.52. The van der Waals surface area contributed by atoms with Gasteiger partial charge in [-0.15, -0.1) is 0 Å². The quantitative estimate of drug-likeness (QED) is 0.842. The van der Waals surface area contributed by atoms with Crippen molar-refractivity contribution >= 4 is 34.2 Å². The number of carboxylic acid groups (broad SMARTS) is 1. The Hall–Kier alpha value is -2.19. The number of benzene rings is 1. The third-order valence-corrected chi connectivity index (χ3v) is 5.13. The Morgan fingerprint density at radius 3 is 2.69 bits per heavy atom. The van der Waals surface area contributed by atoms with Crippen LogP contribution in [0.4, 0.5) is 14.5 Å². The molecule has 6 nitrogen and oxygen atoms in total. The lowest BCUT2D eigenvalue weighted by atomic mass is 10.1. The van der Waals surface area contributed by atoms with E-state index in [2.05, 4.69) is 0 Å². The van der Waals surface area contributed by atoms with Crippen LogP contribution in [0.15, 0.2) is 17.1 Å². The molecule has 2 unspecified atom stereocenters. The molecular formula is C17H18ClF2N3O3. The summed E-state index contributed by atoms with van der Waals surface area (Å²) in [5, 5.41) is 8.94. The fourth-order valence-corrected chi connectivity index (χ4v) is 3.78. The number of aromatic carboxylic acids is 1. The van der Waals surface area contributed by atoms with E-state index in [1.807, 2.05) is 6.92 Å². The molecule has 3 rings (SSSR count). The first-order valence-electron chi connectivity index (χ1n) is 8.11. The van der Waals surface area contributed by atoms with Crippen molar-refractivity contribution in [1.82, 2.24) is 4.57 Å². The molecule has 2 atom stereocenters. The minimum absolute atomic E-state index is 0.0520. The maximum atomic E-state index is 14.8. The van der Waals surface area contributed by atoms with Crippen molar-refractivity contribution in [3.63, 3.8) is 0 Å². The molecule has 1 aromatic heterocycles. The van der Waals surface area contributed by atoms with Gasteiger partial charge in [0.1, 0.15) is 18.1 Å². The summed E-state index contributed by atoms with van der Waals surface area (Å²) in [5.41, 5.74) is 4.78. The molecule has 1 saturated heterocycles. The van der Waals surface area contributed by atoms with E-state index in [0.717, 1.165) is 12.3 Å². The topological polar surface area (TPSA) is 88.6 Å². The van der Waals surface area contributed by atoms with Crippen LogP contribution in [-0.4, -0.2) is 41.4 Å². The van der Waals surface area contributed by atoms with Crippen molar-refractivity contribution in [3.05, 3.63) is 38.9 Å². The molecule has 0 bridgehead atoms. The van der Waals surface area contributed by atoms with E-state index in [-0.39, 0.29) is 40.1 Å². The van der Waals surface area contributed by atoms with Crippen molar-refractivity contribution in [2.24, 2.45) is 11.7 Å². The van der Waals surface area contributed by atoms with Gasteiger partial charge >= 0.3 is 5.97 Å². The molecule has 26 heavy (non-hydrogen) atoms. The van der Waals surface area contributed by atoms with Gasteiger partial charge in [0, 0.05) is 25.3 Å². The highest BCUT2D eigenvalue weighted by Gasteiger charge is 2.31. The number of aryl methyl sites for hydroxylation is 1. The van der Waals surface area contributed by atoms with E-state index in [9.17, 15) is 23.5 Å². The summed E-state index contributed by atoms with van der Waals surface area (Å²) in [6.45, 7) is 1.81. The smallest absolute Gasteiger partial charge is 0.341 e.